The zero-order valence-corrected chi connectivity index (χ0v) is 20.0. The first kappa shape index (κ1) is 23.2. The fraction of sp³-hybridized carbons (Fsp3) is 0.172. The summed E-state index contributed by atoms with van der Waals surface area (Å²) in [6, 6.07) is 29.1. The summed E-state index contributed by atoms with van der Waals surface area (Å²) in [4.78, 5) is 35.9. The summed E-state index contributed by atoms with van der Waals surface area (Å²) in [7, 11) is 0. The molecule has 1 fully saturated rings. The van der Waals surface area contributed by atoms with Crippen molar-refractivity contribution in [3.63, 3.8) is 0 Å². The number of likely N-dealkylation sites (tertiary alicyclic amines) is 1. The van der Waals surface area contributed by atoms with Gasteiger partial charge in [0, 0.05) is 36.0 Å². The van der Waals surface area contributed by atoms with Crippen LogP contribution in [0.15, 0.2) is 97.3 Å². The number of amides is 2. The van der Waals surface area contributed by atoms with Crippen LogP contribution in [0.2, 0.25) is 0 Å². The second-order valence-corrected chi connectivity index (χ2v) is 8.88. The normalized spacial score (nSPS) is 16.0. The van der Waals surface area contributed by atoms with E-state index in [1.807, 2.05) is 97.9 Å². The minimum atomic E-state index is -0.376. The van der Waals surface area contributed by atoms with Crippen molar-refractivity contribution >= 4 is 29.0 Å². The highest BCUT2D eigenvalue weighted by atomic mass is 16.2. The molecule has 2 unspecified atom stereocenters. The maximum Gasteiger partial charge on any atom is 0.229 e. The van der Waals surface area contributed by atoms with Crippen LogP contribution in [-0.2, 0) is 9.59 Å². The maximum atomic E-state index is 12.9. The Morgan fingerprint density at radius 1 is 0.917 bits per heavy atom. The predicted molar refractivity (Wildman–Crippen MR) is 140 cm³/mol. The van der Waals surface area contributed by atoms with Gasteiger partial charge in [0.1, 0.15) is 12.1 Å². The number of anilines is 3. The first-order valence-corrected chi connectivity index (χ1v) is 12.0. The molecule has 3 aromatic carbocycles. The molecular weight excluding hydrogens is 450 g/mol. The Morgan fingerprint density at radius 3 is 2.31 bits per heavy atom. The molecule has 2 atom stereocenters. The Morgan fingerprint density at radius 2 is 1.58 bits per heavy atom. The zero-order chi connectivity index (χ0) is 24.9. The van der Waals surface area contributed by atoms with Crippen LogP contribution < -0.4 is 10.6 Å². The highest BCUT2D eigenvalue weighted by Gasteiger charge is 2.37. The summed E-state index contributed by atoms with van der Waals surface area (Å²) in [5.41, 5.74) is 4.43. The first-order chi connectivity index (χ1) is 17.6. The number of carbonyl (C=O) groups excluding carboxylic acids is 2. The second-order valence-electron chi connectivity index (χ2n) is 8.88. The van der Waals surface area contributed by atoms with Crippen LogP contribution in [0.5, 0.6) is 0 Å². The summed E-state index contributed by atoms with van der Waals surface area (Å²) < 4.78 is 0. The topological polar surface area (TPSA) is 87.2 Å². The van der Waals surface area contributed by atoms with E-state index >= 15 is 0 Å². The molecule has 0 saturated carbocycles. The van der Waals surface area contributed by atoms with Crippen LogP contribution in [0.25, 0.3) is 11.3 Å². The van der Waals surface area contributed by atoms with E-state index in [1.165, 1.54) is 6.33 Å². The fourth-order valence-electron chi connectivity index (χ4n) is 4.41. The van der Waals surface area contributed by atoms with Gasteiger partial charge in [0.25, 0.3) is 0 Å². The molecule has 5 rings (SSSR count). The van der Waals surface area contributed by atoms with Crippen molar-refractivity contribution in [1.29, 1.82) is 0 Å². The molecule has 2 amide bonds. The number of hydrogen-bond acceptors (Lipinski definition) is 5. The summed E-state index contributed by atoms with van der Waals surface area (Å²) in [6.45, 7) is 2.41. The molecule has 0 bridgehead atoms. The second kappa shape index (κ2) is 10.4. The summed E-state index contributed by atoms with van der Waals surface area (Å²) in [5, 5.41) is 6.23. The van der Waals surface area contributed by atoms with Gasteiger partial charge in [-0.3, -0.25) is 9.59 Å². The zero-order valence-electron chi connectivity index (χ0n) is 20.0. The van der Waals surface area contributed by atoms with Gasteiger partial charge >= 0.3 is 0 Å². The van der Waals surface area contributed by atoms with Gasteiger partial charge in [-0.05, 0) is 36.8 Å². The van der Waals surface area contributed by atoms with Crippen LogP contribution in [0.3, 0.4) is 0 Å². The smallest absolute Gasteiger partial charge is 0.229 e. The largest absolute Gasteiger partial charge is 0.340 e. The van der Waals surface area contributed by atoms with E-state index in [2.05, 4.69) is 20.6 Å². The Kier molecular flexibility index (Phi) is 6.71. The SMILES string of the molecule is CC(c1ccccc1)N1CC(C(=O)Nc2ccc(Nc3cc(-c4ccccc4)ncn3)cc2)CC1=O. The van der Waals surface area contributed by atoms with Crippen molar-refractivity contribution in [3.8, 4) is 11.3 Å². The average molecular weight is 478 g/mol. The van der Waals surface area contributed by atoms with Crippen molar-refractivity contribution in [2.24, 2.45) is 5.92 Å². The van der Waals surface area contributed by atoms with Gasteiger partial charge in [-0.15, -0.1) is 0 Å². The van der Waals surface area contributed by atoms with Crippen molar-refractivity contribution in [2.75, 3.05) is 17.2 Å². The van der Waals surface area contributed by atoms with E-state index < -0.39 is 0 Å². The maximum absolute atomic E-state index is 12.9. The fourth-order valence-corrected chi connectivity index (χ4v) is 4.41. The van der Waals surface area contributed by atoms with E-state index in [-0.39, 0.29) is 30.2 Å². The predicted octanol–water partition coefficient (Wildman–Crippen LogP) is 5.44. The highest BCUT2D eigenvalue weighted by molar-refractivity contribution is 5.97. The Labute approximate surface area is 210 Å². The highest BCUT2D eigenvalue weighted by Crippen LogP contribution is 2.29. The molecule has 2 N–H and O–H groups in total. The van der Waals surface area contributed by atoms with Gasteiger partial charge in [-0.25, -0.2) is 9.97 Å². The number of carbonyl (C=O) groups is 2. The summed E-state index contributed by atoms with van der Waals surface area (Å²) in [6.07, 6.45) is 1.75. The van der Waals surface area contributed by atoms with Gasteiger partial charge in [-0.2, -0.15) is 0 Å². The number of benzene rings is 3. The molecule has 7 nitrogen and oxygen atoms in total. The summed E-state index contributed by atoms with van der Waals surface area (Å²) >= 11 is 0. The molecule has 0 radical (unpaired) electrons. The van der Waals surface area contributed by atoms with Gasteiger partial charge in [-0.1, -0.05) is 60.7 Å². The van der Waals surface area contributed by atoms with Crippen LogP contribution in [0.1, 0.15) is 24.9 Å². The molecule has 0 spiro atoms. The lowest BCUT2D eigenvalue weighted by Gasteiger charge is -2.25. The monoisotopic (exact) mass is 477 g/mol. The number of hydrogen-bond donors (Lipinski definition) is 2. The van der Waals surface area contributed by atoms with Crippen molar-refractivity contribution in [3.05, 3.63) is 103 Å². The number of aromatic nitrogens is 2. The van der Waals surface area contributed by atoms with Crippen LogP contribution in [0.4, 0.5) is 17.2 Å². The lowest BCUT2D eigenvalue weighted by atomic mass is 10.1. The lowest BCUT2D eigenvalue weighted by molar-refractivity contribution is -0.129. The number of nitrogens with zero attached hydrogens (tertiary/aromatic N) is 3. The van der Waals surface area contributed by atoms with Gasteiger partial charge in [0.15, 0.2) is 0 Å². The van der Waals surface area contributed by atoms with Crippen molar-refractivity contribution < 1.29 is 9.59 Å². The quantitative estimate of drug-likeness (QED) is 0.370. The molecule has 7 heteroatoms. The van der Waals surface area contributed by atoms with Crippen LogP contribution in [-0.4, -0.2) is 33.2 Å². The van der Waals surface area contributed by atoms with Crippen LogP contribution >= 0.6 is 0 Å². The number of nitrogens with one attached hydrogen (secondary N) is 2. The molecule has 1 aromatic heterocycles. The molecule has 2 heterocycles. The van der Waals surface area contributed by atoms with Gasteiger partial charge in [0.05, 0.1) is 17.7 Å². The Hall–Kier alpha value is -4.52. The standard InChI is InChI=1S/C29H27N5O2/c1-20(21-8-4-2-5-9-21)34-18-23(16-28(34)35)29(36)33-25-14-12-24(13-15-25)32-27-17-26(30-19-31-27)22-10-6-3-7-11-22/h2-15,17,19-20,23H,16,18H2,1H3,(H,33,36)(H,30,31,32). The minimum Gasteiger partial charge on any atom is -0.340 e. The average Bonchev–Trinajstić information content (AvgIpc) is 3.32. The first-order valence-electron chi connectivity index (χ1n) is 12.0. The molecule has 180 valence electrons. The third-order valence-electron chi connectivity index (χ3n) is 6.44. The molecule has 1 aliphatic rings. The van der Waals surface area contributed by atoms with E-state index in [1.54, 1.807) is 4.90 Å². The molecule has 36 heavy (non-hydrogen) atoms. The number of rotatable bonds is 7. The lowest BCUT2D eigenvalue weighted by Crippen LogP contribution is -2.30. The molecule has 1 aliphatic heterocycles. The third-order valence-corrected chi connectivity index (χ3v) is 6.44. The molecule has 0 aliphatic carbocycles. The van der Waals surface area contributed by atoms with E-state index in [0.717, 1.165) is 22.5 Å². The van der Waals surface area contributed by atoms with Crippen molar-refractivity contribution in [1.82, 2.24) is 14.9 Å². The molecule has 4 aromatic rings. The van der Waals surface area contributed by atoms with E-state index in [9.17, 15) is 9.59 Å². The van der Waals surface area contributed by atoms with Gasteiger partial charge in [0.2, 0.25) is 11.8 Å². The summed E-state index contributed by atoms with van der Waals surface area (Å²) in [5.74, 6) is 0.164. The van der Waals surface area contributed by atoms with Gasteiger partial charge < -0.3 is 15.5 Å². The van der Waals surface area contributed by atoms with Crippen molar-refractivity contribution in [2.45, 2.75) is 19.4 Å². The minimum absolute atomic E-state index is 0.00535. The Bertz CT molecular complexity index is 1340. The van der Waals surface area contributed by atoms with E-state index in [4.69, 9.17) is 0 Å². The molecule has 1 saturated heterocycles. The third kappa shape index (κ3) is 5.25. The molecular formula is C29H27N5O2. The van der Waals surface area contributed by atoms with E-state index in [0.29, 0.717) is 18.1 Å². The Balaban J connectivity index is 1.19. The van der Waals surface area contributed by atoms with Crippen LogP contribution in [0, 0.1) is 5.92 Å².